The fourth-order valence-corrected chi connectivity index (χ4v) is 1.88. The van der Waals surface area contributed by atoms with Crippen LogP contribution in [0.5, 0.6) is 0 Å². The van der Waals surface area contributed by atoms with Gasteiger partial charge in [-0.15, -0.1) is 0 Å². The van der Waals surface area contributed by atoms with Gasteiger partial charge >= 0.3 is 0 Å². The Kier molecular flexibility index (Phi) is 4.45. The Morgan fingerprint density at radius 2 is 1.71 bits per heavy atom. The van der Waals surface area contributed by atoms with Gasteiger partial charge in [-0.1, -0.05) is 44.7 Å². The van der Waals surface area contributed by atoms with Gasteiger partial charge in [-0.3, -0.25) is 0 Å². The predicted molar refractivity (Wildman–Crippen MR) is 64.5 cm³/mol. The molecule has 2 rings (SSSR count). The molecular formula is C14H20. The van der Waals surface area contributed by atoms with Crippen molar-refractivity contribution in [1.29, 1.82) is 0 Å². The summed E-state index contributed by atoms with van der Waals surface area (Å²) in [7, 11) is 0. The summed E-state index contributed by atoms with van der Waals surface area (Å²) in [5, 5.41) is 0. The molecular weight excluding hydrogens is 168 g/mol. The molecule has 0 amide bonds. The molecule has 1 aliphatic carbocycles. The van der Waals surface area contributed by atoms with Crippen LogP contribution in [0.4, 0.5) is 0 Å². The van der Waals surface area contributed by atoms with E-state index >= 15 is 0 Å². The minimum atomic E-state index is 1.26. The smallest absolute Gasteiger partial charge is 0.0260 e. The summed E-state index contributed by atoms with van der Waals surface area (Å²) in [6, 6.07) is 6.70. The van der Waals surface area contributed by atoms with Gasteiger partial charge in [-0.05, 0) is 42.4 Å². The van der Waals surface area contributed by atoms with Crippen molar-refractivity contribution < 1.29 is 0 Å². The van der Waals surface area contributed by atoms with Crippen LogP contribution in [0.3, 0.4) is 0 Å². The van der Waals surface area contributed by atoms with Crippen LogP contribution in [0.2, 0.25) is 0 Å². The van der Waals surface area contributed by atoms with Crippen molar-refractivity contribution in [1.82, 2.24) is 0 Å². The minimum absolute atomic E-state index is 1.26. The van der Waals surface area contributed by atoms with Crippen LogP contribution in [0, 0.1) is 0 Å². The molecule has 1 aromatic rings. The summed E-state index contributed by atoms with van der Waals surface area (Å²) in [5.41, 5.74) is 4.35. The van der Waals surface area contributed by atoms with E-state index in [4.69, 9.17) is 0 Å². The fourth-order valence-electron chi connectivity index (χ4n) is 1.88. The third-order valence-electron chi connectivity index (χ3n) is 2.61. The first-order valence-electron chi connectivity index (χ1n) is 5.64. The maximum Gasteiger partial charge on any atom is -0.0260 e. The van der Waals surface area contributed by atoms with Crippen molar-refractivity contribution in [2.75, 3.05) is 0 Å². The lowest BCUT2D eigenvalue weighted by atomic mass is 9.90. The molecule has 0 saturated carbocycles. The van der Waals surface area contributed by atoms with E-state index in [2.05, 4.69) is 24.8 Å². The zero-order valence-electron chi connectivity index (χ0n) is 9.34. The van der Waals surface area contributed by atoms with E-state index in [1.54, 1.807) is 11.1 Å². The maximum absolute atomic E-state index is 3.78. The molecule has 14 heavy (non-hydrogen) atoms. The highest BCUT2D eigenvalue weighted by molar-refractivity contribution is 5.50. The second-order valence-electron chi connectivity index (χ2n) is 3.44. The van der Waals surface area contributed by atoms with Gasteiger partial charge < -0.3 is 0 Å². The molecule has 0 heterocycles. The Labute approximate surface area is 87.7 Å². The molecule has 1 aliphatic rings. The van der Waals surface area contributed by atoms with Crippen LogP contribution >= 0.6 is 0 Å². The zero-order valence-corrected chi connectivity index (χ0v) is 9.34. The molecule has 0 atom stereocenters. The molecule has 0 nitrogen and oxygen atoms in total. The largest absolute Gasteiger partial charge is 0.0985 e. The lowest BCUT2D eigenvalue weighted by molar-refractivity contribution is 0.685. The standard InChI is InChI=1S/C12H14.C2H6/c1-2-10-7-8-11-5-3-4-6-12(11)9-10;1-2/h2,7-9H,1,3-6H2;1-2H3. The molecule has 0 aliphatic heterocycles. The normalized spacial score (nSPS) is 13.6. The maximum atomic E-state index is 3.78. The first-order chi connectivity index (χ1) is 6.90. The lowest BCUT2D eigenvalue weighted by Crippen LogP contribution is -2.01. The van der Waals surface area contributed by atoms with Gasteiger partial charge in [-0.2, -0.15) is 0 Å². The van der Waals surface area contributed by atoms with E-state index in [-0.39, 0.29) is 0 Å². The third-order valence-corrected chi connectivity index (χ3v) is 2.61. The Bertz CT molecular complexity index is 297. The van der Waals surface area contributed by atoms with Crippen LogP contribution in [-0.4, -0.2) is 0 Å². The van der Waals surface area contributed by atoms with Gasteiger partial charge in [0.2, 0.25) is 0 Å². The van der Waals surface area contributed by atoms with Crippen LogP contribution in [0.25, 0.3) is 6.08 Å². The number of fused-ring (bicyclic) bond motifs is 1. The Morgan fingerprint density at radius 1 is 1.07 bits per heavy atom. The van der Waals surface area contributed by atoms with Crippen molar-refractivity contribution in [3.8, 4) is 0 Å². The zero-order chi connectivity index (χ0) is 10.4. The number of aryl methyl sites for hydroxylation is 2. The highest BCUT2D eigenvalue weighted by Crippen LogP contribution is 2.22. The van der Waals surface area contributed by atoms with Crippen LogP contribution in [-0.2, 0) is 12.8 Å². The molecule has 1 aromatic carbocycles. The molecule has 76 valence electrons. The average Bonchev–Trinajstić information content (AvgIpc) is 2.31. The Morgan fingerprint density at radius 3 is 2.36 bits per heavy atom. The van der Waals surface area contributed by atoms with E-state index < -0.39 is 0 Å². The average molecular weight is 188 g/mol. The second-order valence-corrected chi connectivity index (χ2v) is 3.44. The van der Waals surface area contributed by atoms with Crippen LogP contribution < -0.4 is 0 Å². The molecule has 0 aromatic heterocycles. The number of hydrogen-bond donors (Lipinski definition) is 0. The van der Waals surface area contributed by atoms with E-state index in [0.29, 0.717) is 0 Å². The molecule has 0 bridgehead atoms. The van der Waals surface area contributed by atoms with Gasteiger partial charge in [0.15, 0.2) is 0 Å². The van der Waals surface area contributed by atoms with Crippen LogP contribution in [0.15, 0.2) is 24.8 Å². The quantitative estimate of drug-likeness (QED) is 0.618. The van der Waals surface area contributed by atoms with E-state index in [1.165, 1.54) is 31.2 Å². The molecule has 0 spiro atoms. The molecule has 0 fully saturated rings. The predicted octanol–water partition coefficient (Wildman–Crippen LogP) is 4.23. The summed E-state index contributed by atoms with van der Waals surface area (Å²) in [6.07, 6.45) is 7.17. The Balaban J connectivity index is 0.000000461. The highest BCUT2D eigenvalue weighted by atomic mass is 14.1. The highest BCUT2D eigenvalue weighted by Gasteiger charge is 2.07. The van der Waals surface area contributed by atoms with E-state index in [9.17, 15) is 0 Å². The summed E-state index contributed by atoms with van der Waals surface area (Å²) >= 11 is 0. The SMILES string of the molecule is C=Cc1ccc2c(c1)CCCC2.CC. The van der Waals surface area contributed by atoms with Crippen molar-refractivity contribution in [2.24, 2.45) is 0 Å². The van der Waals surface area contributed by atoms with Crippen LogP contribution in [0.1, 0.15) is 43.4 Å². The van der Waals surface area contributed by atoms with E-state index in [0.717, 1.165) is 0 Å². The van der Waals surface area contributed by atoms with Gasteiger partial charge in [0.25, 0.3) is 0 Å². The van der Waals surface area contributed by atoms with Gasteiger partial charge in [0, 0.05) is 0 Å². The number of benzene rings is 1. The number of rotatable bonds is 1. The third kappa shape index (κ3) is 2.47. The second kappa shape index (κ2) is 5.64. The van der Waals surface area contributed by atoms with Crippen molar-refractivity contribution >= 4 is 6.08 Å². The van der Waals surface area contributed by atoms with Gasteiger partial charge in [0.05, 0.1) is 0 Å². The van der Waals surface area contributed by atoms with Crippen molar-refractivity contribution in [2.45, 2.75) is 39.5 Å². The molecule has 0 heteroatoms. The van der Waals surface area contributed by atoms with Crippen molar-refractivity contribution in [3.05, 3.63) is 41.5 Å². The topological polar surface area (TPSA) is 0 Å². The molecule has 0 unspecified atom stereocenters. The minimum Gasteiger partial charge on any atom is -0.0985 e. The summed E-state index contributed by atoms with van der Waals surface area (Å²) < 4.78 is 0. The molecule has 0 saturated heterocycles. The van der Waals surface area contributed by atoms with E-state index in [1.807, 2.05) is 19.9 Å². The Hall–Kier alpha value is -1.04. The monoisotopic (exact) mass is 188 g/mol. The first kappa shape index (κ1) is 11.0. The van der Waals surface area contributed by atoms with Gasteiger partial charge in [0.1, 0.15) is 0 Å². The fraction of sp³-hybridized carbons (Fsp3) is 0.429. The molecule has 0 radical (unpaired) electrons. The first-order valence-corrected chi connectivity index (χ1v) is 5.64. The lowest BCUT2D eigenvalue weighted by Gasteiger charge is -2.15. The van der Waals surface area contributed by atoms with Gasteiger partial charge in [-0.25, -0.2) is 0 Å². The number of hydrogen-bond acceptors (Lipinski definition) is 0. The summed E-state index contributed by atoms with van der Waals surface area (Å²) in [5.74, 6) is 0. The molecule has 0 N–H and O–H groups in total. The summed E-state index contributed by atoms with van der Waals surface area (Å²) in [6.45, 7) is 7.78. The van der Waals surface area contributed by atoms with Crippen molar-refractivity contribution in [3.63, 3.8) is 0 Å². The summed E-state index contributed by atoms with van der Waals surface area (Å²) in [4.78, 5) is 0.